The number of hydrogen-bond donors (Lipinski definition) is 1. The van der Waals surface area contributed by atoms with Gasteiger partial charge in [-0.25, -0.2) is 0 Å². The maximum Gasteiger partial charge on any atom is 0.460 e. The molecule has 0 saturated heterocycles. The molecule has 0 aromatic heterocycles. The van der Waals surface area contributed by atoms with Crippen LogP contribution in [0, 0.1) is 0 Å². The van der Waals surface area contributed by atoms with E-state index in [1.54, 1.807) is 0 Å². The van der Waals surface area contributed by atoms with Gasteiger partial charge in [0.25, 0.3) is 0 Å². The Kier molecular flexibility index (Phi) is 6.22. The van der Waals surface area contributed by atoms with Crippen molar-refractivity contribution in [3.63, 3.8) is 0 Å². The molecule has 0 heterocycles. The van der Waals surface area contributed by atoms with Crippen LogP contribution in [0.15, 0.2) is 9.66 Å². The van der Waals surface area contributed by atoms with Crippen molar-refractivity contribution in [3.8, 4) is 0 Å². The molecule has 0 aromatic rings. The molecule has 0 spiro atoms. The van der Waals surface area contributed by atoms with E-state index in [0.717, 1.165) is 22.6 Å². The number of rotatable bonds is 6. The summed E-state index contributed by atoms with van der Waals surface area (Å²) in [5.41, 5.74) is 0. The summed E-state index contributed by atoms with van der Waals surface area (Å²) in [4.78, 5) is 0. The second-order valence-corrected chi connectivity index (χ2v) is 5.07. The Morgan fingerprint density at radius 3 is 1.70 bits per heavy atom. The zero-order valence-corrected chi connectivity index (χ0v) is 11.6. The lowest BCUT2D eigenvalue weighted by Crippen LogP contribution is -2.60. The first-order valence-electron chi connectivity index (χ1n) is 4.89. The second kappa shape index (κ2) is 6.28. The third-order valence-corrected chi connectivity index (χ3v) is 2.93. The Labute approximate surface area is 121 Å². The van der Waals surface area contributed by atoms with Gasteiger partial charge in [0.15, 0.2) is 0 Å². The van der Waals surface area contributed by atoms with Crippen molar-refractivity contribution < 1.29 is 44.6 Å². The van der Waals surface area contributed by atoms with Gasteiger partial charge in [0.1, 0.15) is 0 Å². The standard InChI is InChI=1S/C9H8F9IO/c10-6(11,4-5(19)2-1-3-20)7(12,13)8(14,15)9(16,17)18/h4,20H,1-3H2. The summed E-state index contributed by atoms with van der Waals surface area (Å²) in [5, 5.41) is 8.37. The van der Waals surface area contributed by atoms with Crippen LogP contribution in [-0.2, 0) is 0 Å². The first-order chi connectivity index (χ1) is 8.70. The van der Waals surface area contributed by atoms with E-state index >= 15 is 0 Å². The molecule has 120 valence electrons. The van der Waals surface area contributed by atoms with Gasteiger partial charge in [-0.05, 0) is 39.0 Å². The Bertz CT molecular complexity index is 361. The second-order valence-electron chi connectivity index (χ2n) is 3.69. The minimum Gasteiger partial charge on any atom is -0.396 e. The van der Waals surface area contributed by atoms with Crippen molar-refractivity contribution in [2.45, 2.75) is 36.8 Å². The number of alkyl halides is 9. The van der Waals surface area contributed by atoms with Gasteiger partial charge in [-0.2, -0.15) is 39.5 Å². The van der Waals surface area contributed by atoms with E-state index in [-0.39, 0.29) is 12.8 Å². The third-order valence-electron chi connectivity index (χ3n) is 2.08. The van der Waals surface area contributed by atoms with E-state index in [0.29, 0.717) is 0 Å². The first-order valence-corrected chi connectivity index (χ1v) is 5.97. The SMILES string of the molecule is OCCCC(I)=CC(F)(F)C(F)(F)C(F)(F)C(F)(F)F. The summed E-state index contributed by atoms with van der Waals surface area (Å²) in [5.74, 6) is -19.2. The molecule has 0 saturated carbocycles. The fourth-order valence-electron chi connectivity index (χ4n) is 0.995. The molecule has 0 aliphatic heterocycles. The lowest BCUT2D eigenvalue weighted by molar-refractivity contribution is -0.388. The van der Waals surface area contributed by atoms with Crippen LogP contribution < -0.4 is 0 Å². The molecule has 0 atom stereocenters. The normalized spacial score (nSPS) is 15.7. The molecule has 1 N–H and O–H groups in total. The Morgan fingerprint density at radius 2 is 1.35 bits per heavy atom. The molecule has 20 heavy (non-hydrogen) atoms. The van der Waals surface area contributed by atoms with Crippen molar-refractivity contribution in [1.82, 2.24) is 0 Å². The topological polar surface area (TPSA) is 20.2 Å². The summed E-state index contributed by atoms with van der Waals surface area (Å²) < 4.78 is 111. The summed E-state index contributed by atoms with van der Waals surface area (Å²) in [6.07, 6.45) is -7.96. The highest BCUT2D eigenvalue weighted by Gasteiger charge is 2.81. The van der Waals surface area contributed by atoms with Crippen LogP contribution in [0.25, 0.3) is 0 Å². The predicted molar refractivity (Wildman–Crippen MR) is 59.3 cm³/mol. The third kappa shape index (κ3) is 3.92. The molecule has 0 radical (unpaired) electrons. The molecule has 0 rings (SSSR count). The summed E-state index contributed by atoms with van der Waals surface area (Å²) in [7, 11) is 0. The van der Waals surface area contributed by atoms with Gasteiger partial charge in [-0.3, -0.25) is 0 Å². The molecule has 1 nitrogen and oxygen atoms in total. The lowest BCUT2D eigenvalue weighted by Gasteiger charge is -2.32. The predicted octanol–water partition coefficient (Wildman–Crippen LogP) is 4.55. The van der Waals surface area contributed by atoms with Crippen molar-refractivity contribution in [1.29, 1.82) is 0 Å². The highest BCUT2D eigenvalue weighted by atomic mass is 127. The zero-order valence-electron chi connectivity index (χ0n) is 9.43. The van der Waals surface area contributed by atoms with Crippen LogP contribution in [0.5, 0.6) is 0 Å². The van der Waals surface area contributed by atoms with Crippen molar-refractivity contribution in [2.24, 2.45) is 0 Å². The molecule has 11 heteroatoms. The molecular formula is C9H8F9IO. The van der Waals surface area contributed by atoms with E-state index in [1.807, 2.05) is 0 Å². The van der Waals surface area contributed by atoms with Crippen molar-refractivity contribution in [2.75, 3.05) is 6.61 Å². The number of aliphatic hydroxyl groups excluding tert-OH is 1. The Balaban J connectivity index is 5.47. The van der Waals surface area contributed by atoms with Crippen LogP contribution in [0.1, 0.15) is 12.8 Å². The van der Waals surface area contributed by atoms with Crippen molar-refractivity contribution >= 4 is 22.6 Å². The number of aliphatic hydroxyl groups is 1. The molecule has 0 fully saturated rings. The van der Waals surface area contributed by atoms with Gasteiger partial charge in [-0.15, -0.1) is 0 Å². The fraction of sp³-hybridized carbons (Fsp3) is 0.778. The minimum absolute atomic E-state index is 0.133. The lowest BCUT2D eigenvalue weighted by atomic mass is 10.0. The van der Waals surface area contributed by atoms with Gasteiger partial charge < -0.3 is 5.11 Å². The number of allylic oxidation sites excluding steroid dienone is 2. The van der Waals surface area contributed by atoms with Crippen LogP contribution >= 0.6 is 22.6 Å². The summed E-state index contributed by atoms with van der Waals surface area (Å²) >= 11 is 1.09. The van der Waals surface area contributed by atoms with Crippen LogP contribution in [0.2, 0.25) is 0 Å². The monoisotopic (exact) mass is 430 g/mol. The van der Waals surface area contributed by atoms with Gasteiger partial charge in [0, 0.05) is 12.7 Å². The fourth-order valence-corrected chi connectivity index (χ4v) is 1.77. The molecular weight excluding hydrogens is 422 g/mol. The quantitative estimate of drug-likeness (QED) is 0.485. The maximum atomic E-state index is 13.0. The Morgan fingerprint density at radius 1 is 0.900 bits per heavy atom. The van der Waals surface area contributed by atoms with Crippen molar-refractivity contribution in [3.05, 3.63) is 9.66 Å². The molecule has 0 bridgehead atoms. The first kappa shape index (κ1) is 19.8. The van der Waals surface area contributed by atoms with Gasteiger partial charge in [-0.1, -0.05) is 0 Å². The van der Waals surface area contributed by atoms with Crippen LogP contribution in [0.3, 0.4) is 0 Å². The summed E-state index contributed by atoms with van der Waals surface area (Å²) in [6.45, 7) is -0.485. The molecule has 0 aliphatic carbocycles. The molecule has 0 aliphatic rings. The van der Waals surface area contributed by atoms with Crippen LogP contribution in [-0.4, -0.2) is 35.7 Å². The van der Waals surface area contributed by atoms with E-state index in [9.17, 15) is 39.5 Å². The van der Waals surface area contributed by atoms with Crippen LogP contribution in [0.4, 0.5) is 39.5 Å². The smallest absolute Gasteiger partial charge is 0.396 e. The minimum atomic E-state index is -6.88. The number of hydrogen-bond acceptors (Lipinski definition) is 1. The highest BCUT2D eigenvalue weighted by molar-refractivity contribution is 14.1. The number of halogens is 10. The highest BCUT2D eigenvalue weighted by Crippen LogP contribution is 2.53. The van der Waals surface area contributed by atoms with Gasteiger partial charge in [0.2, 0.25) is 0 Å². The van der Waals surface area contributed by atoms with Gasteiger partial charge in [0.05, 0.1) is 0 Å². The maximum absolute atomic E-state index is 13.0. The average molecular weight is 430 g/mol. The summed E-state index contributed by atoms with van der Waals surface area (Å²) in [6, 6.07) is 0. The van der Waals surface area contributed by atoms with E-state index in [2.05, 4.69) is 0 Å². The average Bonchev–Trinajstić information content (AvgIpc) is 2.23. The van der Waals surface area contributed by atoms with E-state index in [1.165, 1.54) is 0 Å². The van der Waals surface area contributed by atoms with Gasteiger partial charge >= 0.3 is 23.9 Å². The van der Waals surface area contributed by atoms with E-state index in [4.69, 9.17) is 5.11 Å². The largest absolute Gasteiger partial charge is 0.460 e. The molecule has 0 amide bonds. The molecule has 0 aromatic carbocycles. The molecule has 0 unspecified atom stereocenters. The zero-order chi connectivity index (χ0) is 16.4. The Hall–Kier alpha value is -0.200. The van der Waals surface area contributed by atoms with E-state index < -0.39 is 40.2 Å².